The maximum atomic E-state index is 11.3. The number of nitrogens with one attached hydrogen (secondary N) is 1. The highest BCUT2D eigenvalue weighted by atomic mass is 32.2. The van der Waals surface area contributed by atoms with E-state index >= 15 is 0 Å². The first-order valence-electron chi connectivity index (χ1n) is 6.83. The van der Waals surface area contributed by atoms with Crippen LogP contribution in [0, 0.1) is 11.8 Å². The first-order chi connectivity index (χ1) is 7.92. The molecule has 0 aromatic heterocycles. The Morgan fingerprint density at radius 3 is 2.53 bits per heavy atom. The lowest BCUT2D eigenvalue weighted by atomic mass is 9.95. The smallest absolute Gasteiger partial charge is 0.147 e. The Morgan fingerprint density at radius 1 is 1.35 bits per heavy atom. The Hall–Kier alpha value is -0.0900. The van der Waals surface area contributed by atoms with Crippen LogP contribution in [0.25, 0.3) is 0 Å². The van der Waals surface area contributed by atoms with Gasteiger partial charge in [-0.1, -0.05) is 20.3 Å². The standard InChI is InChI=1S/C13H27NO2S/c1-4-8-14-13(7-9-17(3,15)16)12-6-5-11(2)10-12/h11-14H,4-10H2,1-3H3. The highest BCUT2D eigenvalue weighted by molar-refractivity contribution is 7.90. The van der Waals surface area contributed by atoms with Crippen molar-refractivity contribution < 1.29 is 8.42 Å². The summed E-state index contributed by atoms with van der Waals surface area (Å²) in [5, 5.41) is 3.54. The first kappa shape index (κ1) is 15.0. The van der Waals surface area contributed by atoms with Gasteiger partial charge in [0.2, 0.25) is 0 Å². The van der Waals surface area contributed by atoms with Crippen LogP contribution < -0.4 is 5.32 Å². The minimum Gasteiger partial charge on any atom is -0.314 e. The Kier molecular flexibility index (Phi) is 5.93. The minimum atomic E-state index is -2.83. The van der Waals surface area contributed by atoms with Crippen LogP contribution in [-0.4, -0.2) is 33.0 Å². The van der Waals surface area contributed by atoms with Gasteiger partial charge in [-0.3, -0.25) is 0 Å². The van der Waals surface area contributed by atoms with Gasteiger partial charge in [-0.2, -0.15) is 0 Å². The molecule has 0 aromatic carbocycles. The molecule has 3 unspecified atom stereocenters. The molecule has 0 aromatic rings. The van der Waals surface area contributed by atoms with Crippen molar-refractivity contribution >= 4 is 9.84 Å². The zero-order valence-corrected chi connectivity index (χ0v) is 12.2. The lowest BCUT2D eigenvalue weighted by Crippen LogP contribution is -2.37. The molecule has 1 fully saturated rings. The molecule has 0 saturated heterocycles. The van der Waals surface area contributed by atoms with Crippen LogP contribution in [0.3, 0.4) is 0 Å². The van der Waals surface area contributed by atoms with Gasteiger partial charge in [0.05, 0.1) is 5.75 Å². The predicted molar refractivity (Wildman–Crippen MR) is 72.9 cm³/mol. The molecule has 1 aliphatic carbocycles. The average Bonchev–Trinajstić information content (AvgIpc) is 2.63. The molecular formula is C13H27NO2S. The monoisotopic (exact) mass is 261 g/mol. The second-order valence-electron chi connectivity index (χ2n) is 5.66. The van der Waals surface area contributed by atoms with E-state index in [0.29, 0.717) is 17.7 Å². The highest BCUT2D eigenvalue weighted by Crippen LogP contribution is 2.33. The molecule has 3 nitrogen and oxygen atoms in total. The number of rotatable bonds is 7. The van der Waals surface area contributed by atoms with Crippen molar-refractivity contribution in [3.05, 3.63) is 0 Å². The summed E-state index contributed by atoms with van der Waals surface area (Å²) < 4.78 is 22.5. The van der Waals surface area contributed by atoms with Crippen LogP contribution in [0.1, 0.15) is 46.0 Å². The number of hydrogen-bond donors (Lipinski definition) is 1. The van der Waals surface area contributed by atoms with Crippen LogP contribution in [0.15, 0.2) is 0 Å². The lowest BCUT2D eigenvalue weighted by molar-refractivity contribution is 0.343. The first-order valence-corrected chi connectivity index (χ1v) is 8.89. The summed E-state index contributed by atoms with van der Waals surface area (Å²) in [5.74, 6) is 1.81. The van der Waals surface area contributed by atoms with E-state index in [1.54, 1.807) is 0 Å². The van der Waals surface area contributed by atoms with Gasteiger partial charge in [-0.15, -0.1) is 0 Å². The van der Waals surface area contributed by atoms with Gasteiger partial charge in [-0.25, -0.2) is 8.42 Å². The highest BCUT2D eigenvalue weighted by Gasteiger charge is 2.28. The molecule has 3 atom stereocenters. The third-order valence-corrected chi connectivity index (χ3v) is 4.74. The van der Waals surface area contributed by atoms with Crippen molar-refractivity contribution in [1.29, 1.82) is 0 Å². The van der Waals surface area contributed by atoms with Gasteiger partial charge < -0.3 is 5.32 Å². The Balaban J connectivity index is 2.48. The van der Waals surface area contributed by atoms with E-state index in [4.69, 9.17) is 0 Å². The molecule has 17 heavy (non-hydrogen) atoms. The molecule has 0 radical (unpaired) electrons. The normalized spacial score (nSPS) is 27.2. The summed E-state index contributed by atoms with van der Waals surface area (Å²) in [4.78, 5) is 0. The van der Waals surface area contributed by atoms with Gasteiger partial charge in [0.1, 0.15) is 9.84 Å². The molecule has 0 spiro atoms. The van der Waals surface area contributed by atoms with Crippen LogP contribution in [-0.2, 0) is 9.84 Å². The maximum Gasteiger partial charge on any atom is 0.147 e. The average molecular weight is 261 g/mol. The van der Waals surface area contributed by atoms with Crippen LogP contribution >= 0.6 is 0 Å². The van der Waals surface area contributed by atoms with Crippen LogP contribution in [0.5, 0.6) is 0 Å². The predicted octanol–water partition coefficient (Wildman–Crippen LogP) is 2.23. The fourth-order valence-electron chi connectivity index (χ4n) is 2.79. The molecule has 1 N–H and O–H groups in total. The molecular weight excluding hydrogens is 234 g/mol. The Bertz CT molecular complexity index is 313. The van der Waals surface area contributed by atoms with Gasteiger partial charge in [-0.05, 0) is 44.1 Å². The van der Waals surface area contributed by atoms with E-state index in [9.17, 15) is 8.42 Å². The maximum absolute atomic E-state index is 11.3. The third-order valence-electron chi connectivity index (χ3n) is 3.76. The Labute approximate surface area is 106 Å². The molecule has 4 heteroatoms. The van der Waals surface area contributed by atoms with E-state index in [1.165, 1.54) is 25.5 Å². The van der Waals surface area contributed by atoms with E-state index in [1.807, 2.05) is 0 Å². The number of sulfone groups is 1. The third kappa shape index (κ3) is 5.87. The second kappa shape index (κ2) is 6.74. The summed E-state index contributed by atoms with van der Waals surface area (Å²) in [6, 6.07) is 0.398. The topological polar surface area (TPSA) is 46.2 Å². The minimum absolute atomic E-state index is 0.319. The van der Waals surface area contributed by atoms with Gasteiger partial charge in [0, 0.05) is 12.3 Å². The van der Waals surface area contributed by atoms with Crippen molar-refractivity contribution in [2.75, 3.05) is 18.6 Å². The van der Waals surface area contributed by atoms with Crippen molar-refractivity contribution in [2.24, 2.45) is 11.8 Å². The fraction of sp³-hybridized carbons (Fsp3) is 1.00. The summed E-state index contributed by atoms with van der Waals surface area (Å²) in [6.07, 6.45) is 7.03. The van der Waals surface area contributed by atoms with Crippen molar-refractivity contribution in [3.63, 3.8) is 0 Å². The van der Waals surface area contributed by atoms with Crippen molar-refractivity contribution in [2.45, 2.75) is 52.0 Å². The molecule has 1 saturated carbocycles. The molecule has 102 valence electrons. The molecule has 0 aliphatic heterocycles. The molecule has 0 amide bonds. The van der Waals surface area contributed by atoms with Gasteiger partial charge >= 0.3 is 0 Å². The van der Waals surface area contributed by atoms with Crippen molar-refractivity contribution in [1.82, 2.24) is 5.32 Å². The molecule has 0 bridgehead atoms. The summed E-state index contributed by atoms with van der Waals surface area (Å²) in [7, 11) is -2.83. The summed E-state index contributed by atoms with van der Waals surface area (Å²) in [5.41, 5.74) is 0. The molecule has 1 rings (SSSR count). The summed E-state index contributed by atoms with van der Waals surface area (Å²) >= 11 is 0. The van der Waals surface area contributed by atoms with Crippen LogP contribution in [0.2, 0.25) is 0 Å². The fourth-order valence-corrected chi connectivity index (χ4v) is 3.47. The van der Waals surface area contributed by atoms with E-state index in [2.05, 4.69) is 19.2 Å². The van der Waals surface area contributed by atoms with Crippen LogP contribution in [0.4, 0.5) is 0 Å². The van der Waals surface area contributed by atoms with Crippen molar-refractivity contribution in [3.8, 4) is 0 Å². The second-order valence-corrected chi connectivity index (χ2v) is 7.92. The molecule has 1 aliphatic rings. The SMILES string of the molecule is CCCNC(CCS(C)(=O)=O)C1CCC(C)C1. The number of hydrogen-bond acceptors (Lipinski definition) is 3. The lowest BCUT2D eigenvalue weighted by Gasteiger charge is -2.24. The largest absolute Gasteiger partial charge is 0.314 e. The molecule has 0 heterocycles. The summed E-state index contributed by atoms with van der Waals surface area (Å²) in [6.45, 7) is 5.45. The van der Waals surface area contributed by atoms with E-state index < -0.39 is 9.84 Å². The van der Waals surface area contributed by atoms with E-state index in [0.717, 1.165) is 25.3 Å². The van der Waals surface area contributed by atoms with Gasteiger partial charge in [0.15, 0.2) is 0 Å². The van der Waals surface area contributed by atoms with Gasteiger partial charge in [0.25, 0.3) is 0 Å². The zero-order valence-electron chi connectivity index (χ0n) is 11.4. The zero-order chi connectivity index (χ0) is 12.9. The quantitative estimate of drug-likeness (QED) is 0.764. The Morgan fingerprint density at radius 2 is 2.06 bits per heavy atom. The van der Waals surface area contributed by atoms with E-state index in [-0.39, 0.29) is 0 Å².